The minimum Gasteiger partial charge on any atom is -0.351 e. The van der Waals surface area contributed by atoms with E-state index in [1.54, 1.807) is 30.3 Å². The molecule has 12 heteroatoms. The van der Waals surface area contributed by atoms with Gasteiger partial charge in [-0.25, -0.2) is 28.2 Å². The van der Waals surface area contributed by atoms with Gasteiger partial charge in [-0.2, -0.15) is 10.2 Å². The van der Waals surface area contributed by atoms with Crippen LogP contribution >= 0.6 is 0 Å². The molecule has 1 aromatic carbocycles. The summed E-state index contributed by atoms with van der Waals surface area (Å²) in [4.78, 5) is 17.9. The number of anilines is 2. The Morgan fingerprint density at radius 1 is 0.868 bits per heavy atom. The van der Waals surface area contributed by atoms with Crippen molar-refractivity contribution >= 4 is 17.3 Å². The summed E-state index contributed by atoms with van der Waals surface area (Å²) in [7, 11) is 1.89. The van der Waals surface area contributed by atoms with Crippen molar-refractivity contribution in [3.05, 3.63) is 84.3 Å². The number of piperazine rings is 1. The lowest BCUT2D eigenvalue weighted by molar-refractivity contribution is 0.515. The molecule has 0 bridgehead atoms. The molecule has 1 fully saturated rings. The molecule has 1 atom stereocenters. The van der Waals surface area contributed by atoms with Crippen LogP contribution in [0.2, 0.25) is 0 Å². The summed E-state index contributed by atoms with van der Waals surface area (Å²) in [6.45, 7) is 4.49. The van der Waals surface area contributed by atoms with E-state index in [2.05, 4.69) is 41.0 Å². The van der Waals surface area contributed by atoms with Gasteiger partial charge in [0, 0.05) is 86.3 Å². The van der Waals surface area contributed by atoms with Crippen LogP contribution in [0, 0.1) is 11.6 Å². The molecule has 0 aliphatic carbocycles. The summed E-state index contributed by atoms with van der Waals surface area (Å²) in [6.07, 6.45) is 10.5. The first-order valence-corrected chi connectivity index (χ1v) is 12.2. The van der Waals surface area contributed by atoms with E-state index in [0.29, 0.717) is 24.6 Å². The van der Waals surface area contributed by atoms with Crippen molar-refractivity contribution in [1.82, 2.24) is 34.3 Å². The molecule has 194 valence electrons. The van der Waals surface area contributed by atoms with Crippen molar-refractivity contribution in [1.29, 1.82) is 0 Å². The lowest BCUT2D eigenvalue weighted by atomic mass is 9.87. The molecule has 4 aromatic heterocycles. The fourth-order valence-electron chi connectivity index (χ4n) is 4.83. The number of fused-ring (bicyclic) bond motifs is 1. The molecule has 1 aliphatic heterocycles. The van der Waals surface area contributed by atoms with Gasteiger partial charge in [0.25, 0.3) is 0 Å². The van der Waals surface area contributed by atoms with Gasteiger partial charge in [0.1, 0.15) is 23.5 Å². The van der Waals surface area contributed by atoms with E-state index in [9.17, 15) is 8.78 Å². The average molecular weight is 517 g/mol. The van der Waals surface area contributed by atoms with Crippen LogP contribution in [0.15, 0.2) is 61.6 Å². The van der Waals surface area contributed by atoms with Gasteiger partial charge in [0.2, 0.25) is 5.95 Å². The number of halogens is 2. The SMILES string of the molecule is Cn1cc(-c2cc3c(N4CCN(c5ncc(C(C)(N)c6ccc(F)cc6F)cn5)CC4)ncnn3c2)cn1. The maximum atomic E-state index is 14.4. The summed E-state index contributed by atoms with van der Waals surface area (Å²) < 4.78 is 31.3. The van der Waals surface area contributed by atoms with Crippen LogP contribution in [0.5, 0.6) is 0 Å². The third-order valence-corrected chi connectivity index (χ3v) is 7.01. The number of aryl methyl sites for hydroxylation is 1. The van der Waals surface area contributed by atoms with E-state index in [4.69, 9.17) is 5.73 Å². The van der Waals surface area contributed by atoms with E-state index in [0.717, 1.165) is 41.6 Å². The molecule has 10 nitrogen and oxygen atoms in total. The second-order valence-corrected chi connectivity index (χ2v) is 9.62. The highest BCUT2D eigenvalue weighted by atomic mass is 19.1. The smallest absolute Gasteiger partial charge is 0.225 e. The van der Waals surface area contributed by atoms with Crippen LogP contribution in [0.4, 0.5) is 20.5 Å². The molecule has 0 saturated carbocycles. The quantitative estimate of drug-likeness (QED) is 0.380. The lowest BCUT2D eigenvalue weighted by Gasteiger charge is -2.35. The van der Waals surface area contributed by atoms with Gasteiger partial charge >= 0.3 is 0 Å². The highest BCUT2D eigenvalue weighted by Gasteiger charge is 2.29. The highest BCUT2D eigenvalue weighted by Crippen LogP contribution is 2.30. The van der Waals surface area contributed by atoms with Crippen molar-refractivity contribution in [2.24, 2.45) is 12.8 Å². The highest BCUT2D eigenvalue weighted by molar-refractivity contribution is 5.77. The maximum absolute atomic E-state index is 14.4. The minimum atomic E-state index is -1.21. The van der Waals surface area contributed by atoms with Gasteiger partial charge in [-0.15, -0.1) is 0 Å². The summed E-state index contributed by atoms with van der Waals surface area (Å²) in [5, 5.41) is 8.64. The Bertz CT molecular complexity index is 1600. The second-order valence-electron chi connectivity index (χ2n) is 9.62. The van der Waals surface area contributed by atoms with Crippen molar-refractivity contribution in [3.8, 4) is 11.1 Å². The van der Waals surface area contributed by atoms with E-state index >= 15 is 0 Å². The molecule has 0 amide bonds. The van der Waals surface area contributed by atoms with Gasteiger partial charge in [0.15, 0.2) is 5.82 Å². The molecule has 2 N–H and O–H groups in total. The molecule has 5 heterocycles. The van der Waals surface area contributed by atoms with E-state index < -0.39 is 17.2 Å². The van der Waals surface area contributed by atoms with E-state index in [1.807, 2.05) is 30.2 Å². The fourth-order valence-corrected chi connectivity index (χ4v) is 4.83. The van der Waals surface area contributed by atoms with Crippen molar-refractivity contribution in [2.75, 3.05) is 36.0 Å². The molecule has 1 unspecified atom stereocenters. The molecule has 1 saturated heterocycles. The number of hydrogen-bond acceptors (Lipinski definition) is 8. The molecule has 5 aromatic rings. The number of hydrogen-bond donors (Lipinski definition) is 1. The van der Waals surface area contributed by atoms with Crippen molar-refractivity contribution in [2.45, 2.75) is 12.5 Å². The molecule has 38 heavy (non-hydrogen) atoms. The molecule has 0 radical (unpaired) electrons. The first kappa shape index (κ1) is 23.9. The Hall–Kier alpha value is -4.45. The van der Waals surface area contributed by atoms with Crippen molar-refractivity contribution < 1.29 is 8.78 Å². The van der Waals surface area contributed by atoms with Gasteiger partial charge in [-0.1, -0.05) is 6.07 Å². The average Bonchev–Trinajstić information content (AvgIpc) is 3.55. The van der Waals surface area contributed by atoms with Crippen LogP contribution in [0.25, 0.3) is 16.6 Å². The summed E-state index contributed by atoms with van der Waals surface area (Å²) in [5.41, 5.74) is 8.90. The molecule has 6 rings (SSSR count). The van der Waals surface area contributed by atoms with Gasteiger partial charge < -0.3 is 15.5 Å². The number of nitrogens with zero attached hydrogens (tertiary/aromatic N) is 9. The van der Waals surface area contributed by atoms with Crippen molar-refractivity contribution in [3.63, 3.8) is 0 Å². The summed E-state index contributed by atoms with van der Waals surface area (Å²) >= 11 is 0. The van der Waals surface area contributed by atoms with Gasteiger partial charge in [-0.05, 0) is 19.1 Å². The zero-order chi connectivity index (χ0) is 26.4. The predicted octanol–water partition coefficient (Wildman–Crippen LogP) is 2.75. The van der Waals surface area contributed by atoms with Crippen LogP contribution in [-0.4, -0.2) is 60.5 Å². The fraction of sp³-hybridized carbons (Fsp3) is 0.269. The Kier molecular flexibility index (Phi) is 5.75. The van der Waals surface area contributed by atoms with Crippen LogP contribution in [0.3, 0.4) is 0 Å². The normalized spacial score (nSPS) is 15.7. The van der Waals surface area contributed by atoms with Crippen LogP contribution in [0.1, 0.15) is 18.1 Å². The second kappa shape index (κ2) is 9.14. The number of benzene rings is 1. The third-order valence-electron chi connectivity index (χ3n) is 7.01. The summed E-state index contributed by atoms with van der Waals surface area (Å²) in [5.74, 6) is 0.0791. The standard InChI is InChI=1S/C26H26F2N10/c1-26(29,21-4-3-20(27)10-22(21)28)19-12-30-25(31-13-19)37-7-5-36(6-8-37)24-23-9-17(15-38(23)34-16-32-24)18-11-33-35(2)14-18/h3-4,9-16H,5-8,29H2,1-2H3. The zero-order valence-electron chi connectivity index (χ0n) is 21.0. The Labute approximate surface area is 217 Å². The lowest BCUT2D eigenvalue weighted by Crippen LogP contribution is -2.47. The Balaban J connectivity index is 1.17. The monoisotopic (exact) mass is 516 g/mol. The van der Waals surface area contributed by atoms with Crippen LogP contribution < -0.4 is 15.5 Å². The summed E-state index contributed by atoms with van der Waals surface area (Å²) in [6, 6.07) is 5.45. The zero-order valence-corrected chi connectivity index (χ0v) is 21.0. The first-order chi connectivity index (χ1) is 18.3. The molecule has 0 spiro atoms. The Morgan fingerprint density at radius 3 is 2.29 bits per heavy atom. The topological polar surface area (TPSA) is 106 Å². The first-order valence-electron chi connectivity index (χ1n) is 12.2. The van der Waals surface area contributed by atoms with Crippen LogP contribution in [-0.2, 0) is 12.6 Å². The predicted molar refractivity (Wildman–Crippen MR) is 139 cm³/mol. The van der Waals surface area contributed by atoms with Gasteiger partial charge in [0.05, 0.1) is 11.7 Å². The maximum Gasteiger partial charge on any atom is 0.225 e. The number of rotatable bonds is 5. The minimum absolute atomic E-state index is 0.178. The molecule has 1 aliphatic rings. The third kappa shape index (κ3) is 4.22. The van der Waals surface area contributed by atoms with Gasteiger partial charge in [-0.3, -0.25) is 4.68 Å². The molecular weight excluding hydrogens is 490 g/mol. The molecular formula is C26H26F2N10. The Morgan fingerprint density at radius 2 is 1.61 bits per heavy atom. The van der Waals surface area contributed by atoms with E-state index in [-0.39, 0.29) is 5.56 Å². The van der Waals surface area contributed by atoms with E-state index in [1.165, 1.54) is 12.1 Å². The number of nitrogens with two attached hydrogens (primary N) is 1. The largest absolute Gasteiger partial charge is 0.351 e. The number of aromatic nitrogens is 7.